The molecule has 1 heterocycles. The van der Waals surface area contributed by atoms with E-state index in [2.05, 4.69) is 15.6 Å². The number of anilines is 2. The van der Waals surface area contributed by atoms with Crippen LogP contribution in [-0.4, -0.2) is 11.0 Å². The van der Waals surface area contributed by atoms with Gasteiger partial charge in [0.25, 0.3) is 0 Å². The van der Waals surface area contributed by atoms with E-state index < -0.39 is 11.8 Å². The lowest BCUT2D eigenvalue weighted by atomic mass is 10.2. The Hall–Kier alpha value is -5.41. The summed E-state index contributed by atoms with van der Waals surface area (Å²) >= 11 is 0. The fourth-order valence-electron chi connectivity index (χ4n) is 3.10. The number of nitriles is 2. The molecule has 0 atom stereocenters. The van der Waals surface area contributed by atoms with Crippen LogP contribution in [0.25, 0.3) is 0 Å². The number of pyridine rings is 1. The molecule has 1 aromatic heterocycles. The number of hydrogen-bond donors (Lipinski definition) is 2. The van der Waals surface area contributed by atoms with Crippen molar-refractivity contribution in [3.05, 3.63) is 102 Å². The van der Waals surface area contributed by atoms with Gasteiger partial charge in [0.15, 0.2) is 0 Å². The van der Waals surface area contributed by atoms with E-state index in [1.165, 1.54) is 30.5 Å². The highest BCUT2D eigenvalue weighted by atomic mass is 19.1. The molecule has 0 fully saturated rings. The summed E-state index contributed by atoms with van der Waals surface area (Å²) in [5.41, 5.74) is 1.90. The van der Waals surface area contributed by atoms with Crippen molar-refractivity contribution in [3.8, 4) is 35.1 Å². The number of halogens is 1. The fraction of sp³-hybridized carbons (Fsp3) is 0.0370. The van der Waals surface area contributed by atoms with Crippen LogP contribution in [0.1, 0.15) is 16.8 Å². The van der Waals surface area contributed by atoms with E-state index in [4.69, 9.17) is 20.0 Å². The van der Waals surface area contributed by atoms with Crippen molar-refractivity contribution < 1.29 is 18.7 Å². The van der Waals surface area contributed by atoms with Gasteiger partial charge in [-0.15, -0.1) is 0 Å². The van der Waals surface area contributed by atoms with E-state index in [1.807, 2.05) is 19.1 Å². The van der Waals surface area contributed by atoms with E-state index in [0.717, 1.165) is 5.56 Å². The topological polar surface area (TPSA) is 120 Å². The molecule has 36 heavy (non-hydrogen) atoms. The number of aromatic nitrogens is 1. The lowest BCUT2D eigenvalue weighted by Crippen LogP contribution is -2.20. The average Bonchev–Trinajstić information content (AvgIpc) is 2.89. The molecule has 3 aromatic carbocycles. The van der Waals surface area contributed by atoms with Gasteiger partial charge in [0.05, 0.1) is 23.5 Å². The Kier molecular flexibility index (Phi) is 7.04. The average molecular weight is 479 g/mol. The predicted molar refractivity (Wildman–Crippen MR) is 130 cm³/mol. The molecule has 2 N–H and O–H groups in total. The van der Waals surface area contributed by atoms with Gasteiger partial charge in [0, 0.05) is 17.8 Å². The van der Waals surface area contributed by atoms with E-state index in [0.29, 0.717) is 34.2 Å². The van der Waals surface area contributed by atoms with Gasteiger partial charge in [-0.2, -0.15) is 10.5 Å². The molecule has 0 saturated heterocycles. The molecule has 0 spiro atoms. The predicted octanol–water partition coefficient (Wildman–Crippen LogP) is 6.50. The first kappa shape index (κ1) is 23.7. The second kappa shape index (κ2) is 10.7. The van der Waals surface area contributed by atoms with Crippen LogP contribution in [0.3, 0.4) is 0 Å². The number of nitrogens with one attached hydrogen (secondary N) is 2. The summed E-state index contributed by atoms with van der Waals surface area (Å²) < 4.78 is 25.8. The first-order valence-corrected chi connectivity index (χ1v) is 10.6. The summed E-state index contributed by atoms with van der Waals surface area (Å²) in [5.74, 6) is 1.03. The number of benzene rings is 3. The van der Waals surface area contributed by atoms with Crippen LogP contribution in [0.5, 0.6) is 23.0 Å². The Balaban J connectivity index is 1.43. The molecule has 0 unspecified atom stereocenters. The molecule has 0 aliphatic heterocycles. The number of ether oxygens (including phenoxy) is 2. The van der Waals surface area contributed by atoms with Gasteiger partial charge in [-0.3, -0.25) is 0 Å². The number of amides is 2. The van der Waals surface area contributed by atoms with Gasteiger partial charge in [0.2, 0.25) is 0 Å². The van der Waals surface area contributed by atoms with Crippen LogP contribution in [0.2, 0.25) is 0 Å². The van der Waals surface area contributed by atoms with Crippen molar-refractivity contribution in [1.29, 1.82) is 10.5 Å². The minimum absolute atomic E-state index is 0.0779. The zero-order valence-electron chi connectivity index (χ0n) is 18.9. The Labute approximate surface area is 206 Å². The highest BCUT2D eigenvalue weighted by Gasteiger charge is 2.11. The van der Waals surface area contributed by atoms with Crippen molar-refractivity contribution in [2.24, 2.45) is 0 Å². The van der Waals surface area contributed by atoms with E-state index in [9.17, 15) is 9.18 Å². The number of aryl methyl sites for hydroxylation is 1. The summed E-state index contributed by atoms with van der Waals surface area (Å²) in [7, 11) is 0. The molecule has 4 rings (SSSR count). The third kappa shape index (κ3) is 5.93. The van der Waals surface area contributed by atoms with Crippen LogP contribution in [0, 0.1) is 35.4 Å². The lowest BCUT2D eigenvalue weighted by Gasteiger charge is -2.13. The summed E-state index contributed by atoms with van der Waals surface area (Å²) in [6.07, 6.45) is 1.43. The lowest BCUT2D eigenvalue weighted by molar-refractivity contribution is 0.262. The highest BCUT2D eigenvalue weighted by molar-refractivity contribution is 6.00. The van der Waals surface area contributed by atoms with Gasteiger partial charge in [-0.1, -0.05) is 6.07 Å². The van der Waals surface area contributed by atoms with Crippen LogP contribution >= 0.6 is 0 Å². The van der Waals surface area contributed by atoms with E-state index >= 15 is 0 Å². The van der Waals surface area contributed by atoms with Crippen molar-refractivity contribution >= 4 is 17.4 Å². The number of nitrogens with zero attached hydrogens (tertiary/aromatic N) is 3. The molecular formula is C27H18FN5O3. The first-order chi connectivity index (χ1) is 17.4. The van der Waals surface area contributed by atoms with Crippen LogP contribution in [0.4, 0.5) is 20.6 Å². The second-order valence-electron chi connectivity index (χ2n) is 7.53. The number of carbonyl (C=O) groups excluding carboxylic acids is 1. The molecule has 9 heteroatoms. The minimum Gasteiger partial charge on any atom is -0.457 e. The Morgan fingerprint density at radius 1 is 0.861 bits per heavy atom. The van der Waals surface area contributed by atoms with Crippen molar-refractivity contribution in [2.45, 2.75) is 6.92 Å². The quantitative estimate of drug-likeness (QED) is 0.326. The van der Waals surface area contributed by atoms with Crippen LogP contribution in [-0.2, 0) is 0 Å². The van der Waals surface area contributed by atoms with Crippen molar-refractivity contribution in [2.75, 3.05) is 10.6 Å². The molecule has 0 radical (unpaired) electrons. The number of hydrogen-bond acceptors (Lipinski definition) is 6. The molecule has 4 aromatic rings. The van der Waals surface area contributed by atoms with Gasteiger partial charge < -0.3 is 20.1 Å². The largest absolute Gasteiger partial charge is 0.457 e. The molecule has 0 aliphatic rings. The number of rotatable bonds is 6. The summed E-state index contributed by atoms with van der Waals surface area (Å²) in [6, 6.07) is 21.9. The summed E-state index contributed by atoms with van der Waals surface area (Å²) in [4.78, 5) is 16.5. The van der Waals surface area contributed by atoms with Crippen molar-refractivity contribution in [1.82, 2.24) is 4.98 Å². The molecule has 176 valence electrons. The van der Waals surface area contributed by atoms with Gasteiger partial charge >= 0.3 is 6.03 Å². The second-order valence-corrected chi connectivity index (χ2v) is 7.53. The molecule has 8 nitrogen and oxygen atoms in total. The van der Waals surface area contributed by atoms with E-state index in [1.54, 1.807) is 48.5 Å². The maximum atomic E-state index is 14.3. The Morgan fingerprint density at radius 2 is 1.61 bits per heavy atom. The monoisotopic (exact) mass is 479 g/mol. The summed E-state index contributed by atoms with van der Waals surface area (Å²) in [5, 5.41) is 22.9. The number of urea groups is 1. The van der Waals surface area contributed by atoms with Crippen molar-refractivity contribution in [3.63, 3.8) is 0 Å². The summed E-state index contributed by atoms with van der Waals surface area (Å²) in [6.45, 7) is 1.84. The van der Waals surface area contributed by atoms with Gasteiger partial charge in [-0.05, 0) is 67.1 Å². The first-order valence-electron chi connectivity index (χ1n) is 10.6. The molecule has 0 saturated carbocycles. The zero-order valence-corrected chi connectivity index (χ0v) is 18.9. The fourth-order valence-corrected chi connectivity index (χ4v) is 3.10. The third-order valence-corrected chi connectivity index (χ3v) is 4.93. The maximum absolute atomic E-state index is 14.3. The maximum Gasteiger partial charge on any atom is 0.323 e. The standard InChI is InChI=1S/C27H18FN5O3/c1-17-2-5-19(12-26(17)36-23-9-6-20(15-30)31-16-23)32-27(34)33-25-13-22(10-11-24(25)28)35-21-7-3-18(14-29)4-8-21/h2-13,16H,1H3,(H2,32,33,34). The van der Waals surface area contributed by atoms with Gasteiger partial charge in [0.1, 0.15) is 40.6 Å². The smallest absolute Gasteiger partial charge is 0.323 e. The van der Waals surface area contributed by atoms with Crippen LogP contribution in [0.15, 0.2) is 79.0 Å². The molecule has 2 amide bonds. The number of carbonyl (C=O) groups is 1. The molecule has 0 bridgehead atoms. The SMILES string of the molecule is Cc1ccc(NC(=O)Nc2cc(Oc3ccc(C#N)cc3)ccc2F)cc1Oc1ccc(C#N)nc1. The molecular weight excluding hydrogens is 461 g/mol. The normalized spacial score (nSPS) is 10.0. The zero-order chi connectivity index (χ0) is 25.5. The third-order valence-electron chi connectivity index (χ3n) is 4.93. The minimum atomic E-state index is -0.667. The van der Waals surface area contributed by atoms with Gasteiger partial charge in [-0.25, -0.2) is 14.2 Å². The Bertz CT molecular complexity index is 1490. The molecule has 0 aliphatic carbocycles. The Morgan fingerprint density at radius 3 is 2.31 bits per heavy atom. The highest BCUT2D eigenvalue weighted by Crippen LogP contribution is 2.29. The van der Waals surface area contributed by atoms with Crippen LogP contribution < -0.4 is 20.1 Å². The van der Waals surface area contributed by atoms with E-state index in [-0.39, 0.29) is 11.4 Å².